The standard InChI is InChI=1S/C17H24FN5O5/c1-10(18)8-12(20-17(26)23-4-6-27-7-5-23)15(25)19-9-13(24)16-21-14(22-28-16)11-2-3-11/h10-12H,2-9H2,1H3,(H,19,25)(H,20,26)/t10?,12-/m0/s1. The maximum Gasteiger partial charge on any atom is 0.318 e. The minimum Gasteiger partial charge on any atom is -0.378 e. The van der Waals surface area contributed by atoms with E-state index in [4.69, 9.17) is 9.26 Å². The first-order valence-corrected chi connectivity index (χ1v) is 9.35. The number of nitrogens with one attached hydrogen (secondary N) is 2. The van der Waals surface area contributed by atoms with Crippen LogP contribution >= 0.6 is 0 Å². The van der Waals surface area contributed by atoms with Gasteiger partial charge in [0.05, 0.1) is 25.9 Å². The fourth-order valence-electron chi connectivity index (χ4n) is 2.78. The van der Waals surface area contributed by atoms with Crippen LogP contribution in [0.1, 0.15) is 48.6 Å². The number of hydrogen-bond donors (Lipinski definition) is 2. The Hall–Kier alpha value is -2.56. The summed E-state index contributed by atoms with van der Waals surface area (Å²) in [7, 11) is 0. The van der Waals surface area contributed by atoms with E-state index in [1.807, 2.05) is 0 Å². The van der Waals surface area contributed by atoms with E-state index in [0.717, 1.165) is 12.8 Å². The van der Waals surface area contributed by atoms with Crippen LogP contribution in [0.15, 0.2) is 4.52 Å². The van der Waals surface area contributed by atoms with E-state index < -0.39 is 29.9 Å². The number of morpholine rings is 1. The van der Waals surface area contributed by atoms with Crippen molar-refractivity contribution in [3.63, 3.8) is 0 Å². The Morgan fingerprint density at radius 3 is 2.64 bits per heavy atom. The maximum atomic E-state index is 13.5. The Morgan fingerprint density at radius 2 is 2.00 bits per heavy atom. The zero-order valence-corrected chi connectivity index (χ0v) is 15.6. The van der Waals surface area contributed by atoms with Crippen molar-refractivity contribution in [2.24, 2.45) is 0 Å². The molecule has 1 aliphatic heterocycles. The van der Waals surface area contributed by atoms with Crippen LogP contribution in [0.2, 0.25) is 0 Å². The Balaban J connectivity index is 1.52. The van der Waals surface area contributed by atoms with Crippen LogP contribution in [0.4, 0.5) is 9.18 Å². The molecule has 10 nitrogen and oxygen atoms in total. The number of hydrogen-bond acceptors (Lipinski definition) is 7. The molecule has 1 saturated heterocycles. The molecule has 2 atom stereocenters. The number of nitrogens with zero attached hydrogens (tertiary/aromatic N) is 3. The van der Waals surface area contributed by atoms with Gasteiger partial charge in [0, 0.05) is 25.4 Å². The third-order valence-corrected chi connectivity index (χ3v) is 4.52. The molecule has 0 aromatic carbocycles. The molecule has 2 aliphatic rings. The highest BCUT2D eigenvalue weighted by atomic mass is 19.1. The summed E-state index contributed by atoms with van der Waals surface area (Å²) in [4.78, 5) is 42.3. The monoisotopic (exact) mass is 397 g/mol. The van der Waals surface area contributed by atoms with Gasteiger partial charge in [0.2, 0.25) is 11.7 Å². The van der Waals surface area contributed by atoms with Crippen LogP contribution < -0.4 is 10.6 Å². The van der Waals surface area contributed by atoms with E-state index >= 15 is 0 Å². The number of carbonyl (C=O) groups excluding carboxylic acids is 3. The summed E-state index contributed by atoms with van der Waals surface area (Å²) in [6.45, 7) is 2.52. The predicted molar refractivity (Wildman–Crippen MR) is 93.5 cm³/mol. The lowest BCUT2D eigenvalue weighted by Gasteiger charge is -2.29. The summed E-state index contributed by atoms with van der Waals surface area (Å²) >= 11 is 0. The van der Waals surface area contributed by atoms with E-state index in [0.29, 0.717) is 32.1 Å². The number of alkyl halides is 1. The number of amides is 3. The molecular weight excluding hydrogens is 373 g/mol. The fourth-order valence-corrected chi connectivity index (χ4v) is 2.78. The summed E-state index contributed by atoms with van der Waals surface area (Å²) < 4.78 is 23.6. The molecule has 154 valence electrons. The molecule has 0 spiro atoms. The van der Waals surface area contributed by atoms with Crippen LogP contribution in [0.25, 0.3) is 0 Å². The van der Waals surface area contributed by atoms with Gasteiger partial charge in [0.1, 0.15) is 6.04 Å². The SMILES string of the molecule is CC(F)C[C@H](NC(=O)N1CCOCC1)C(=O)NCC(=O)c1nc(C2CC2)no1. The van der Waals surface area contributed by atoms with Gasteiger partial charge >= 0.3 is 6.03 Å². The van der Waals surface area contributed by atoms with Crippen molar-refractivity contribution < 1.29 is 28.0 Å². The first-order valence-electron chi connectivity index (χ1n) is 9.35. The molecule has 11 heteroatoms. The molecule has 1 unspecified atom stereocenters. The second-order valence-corrected chi connectivity index (χ2v) is 6.99. The summed E-state index contributed by atoms with van der Waals surface area (Å²) in [6, 6.07) is -1.57. The lowest BCUT2D eigenvalue weighted by molar-refractivity contribution is -0.123. The normalized spacial score (nSPS) is 19.0. The quantitative estimate of drug-likeness (QED) is 0.608. The summed E-state index contributed by atoms with van der Waals surface area (Å²) in [5, 5.41) is 8.68. The van der Waals surface area contributed by atoms with E-state index in [1.54, 1.807) is 0 Å². The Labute approximate surface area is 161 Å². The van der Waals surface area contributed by atoms with Crippen molar-refractivity contribution in [1.82, 2.24) is 25.7 Å². The zero-order valence-electron chi connectivity index (χ0n) is 15.6. The molecule has 2 fully saturated rings. The molecule has 3 amide bonds. The van der Waals surface area contributed by atoms with E-state index in [2.05, 4.69) is 20.8 Å². The van der Waals surface area contributed by atoms with Gasteiger partial charge in [-0.15, -0.1) is 0 Å². The molecule has 2 heterocycles. The van der Waals surface area contributed by atoms with Gasteiger partial charge in [0.15, 0.2) is 5.82 Å². The van der Waals surface area contributed by atoms with Crippen LogP contribution in [0.3, 0.4) is 0 Å². The van der Waals surface area contributed by atoms with Crippen LogP contribution in [-0.2, 0) is 9.53 Å². The molecule has 0 radical (unpaired) electrons. The molecule has 2 N–H and O–H groups in total. The number of ether oxygens (including phenoxy) is 1. The van der Waals surface area contributed by atoms with Gasteiger partial charge < -0.3 is 24.8 Å². The van der Waals surface area contributed by atoms with E-state index in [1.165, 1.54) is 11.8 Å². The topological polar surface area (TPSA) is 127 Å². The van der Waals surface area contributed by atoms with Gasteiger partial charge in [0.25, 0.3) is 5.89 Å². The molecule has 1 saturated carbocycles. The van der Waals surface area contributed by atoms with Gasteiger partial charge in [-0.2, -0.15) is 4.98 Å². The van der Waals surface area contributed by atoms with Gasteiger partial charge in [-0.05, 0) is 19.8 Å². The second-order valence-electron chi connectivity index (χ2n) is 6.99. The van der Waals surface area contributed by atoms with Crippen molar-refractivity contribution in [2.75, 3.05) is 32.8 Å². The maximum absolute atomic E-state index is 13.5. The predicted octanol–water partition coefficient (Wildman–Crippen LogP) is 0.404. The number of aromatic nitrogens is 2. The largest absolute Gasteiger partial charge is 0.378 e. The Kier molecular flexibility index (Phi) is 6.55. The van der Waals surface area contributed by atoms with Crippen molar-refractivity contribution in [3.8, 4) is 0 Å². The Morgan fingerprint density at radius 1 is 1.29 bits per heavy atom. The average Bonchev–Trinajstić information content (AvgIpc) is 3.42. The number of ketones is 1. The van der Waals surface area contributed by atoms with Crippen molar-refractivity contribution in [3.05, 3.63) is 11.7 Å². The highest BCUT2D eigenvalue weighted by Gasteiger charge is 2.31. The van der Waals surface area contributed by atoms with Crippen molar-refractivity contribution >= 4 is 17.7 Å². The molecule has 1 aliphatic carbocycles. The van der Waals surface area contributed by atoms with Crippen LogP contribution in [0.5, 0.6) is 0 Å². The second kappa shape index (κ2) is 9.09. The minimum absolute atomic E-state index is 0.171. The lowest BCUT2D eigenvalue weighted by atomic mass is 10.1. The smallest absolute Gasteiger partial charge is 0.318 e. The fraction of sp³-hybridized carbons (Fsp3) is 0.706. The minimum atomic E-state index is -1.31. The molecule has 28 heavy (non-hydrogen) atoms. The van der Waals surface area contributed by atoms with Gasteiger partial charge in [-0.25, -0.2) is 9.18 Å². The number of Topliss-reactive ketones (excluding diaryl/α,β-unsaturated/α-hetero) is 1. The van der Waals surface area contributed by atoms with Crippen molar-refractivity contribution in [2.45, 2.75) is 44.3 Å². The van der Waals surface area contributed by atoms with Crippen molar-refractivity contribution in [1.29, 1.82) is 0 Å². The molecule has 1 aromatic heterocycles. The third-order valence-electron chi connectivity index (χ3n) is 4.52. The Bertz CT molecular complexity index is 715. The number of halogens is 1. The average molecular weight is 397 g/mol. The molecular formula is C17H24FN5O5. The first kappa shape index (κ1) is 20.2. The molecule has 3 rings (SSSR count). The summed E-state index contributed by atoms with van der Waals surface area (Å²) in [5.74, 6) is -0.627. The molecule has 0 bridgehead atoms. The number of carbonyl (C=O) groups is 3. The summed E-state index contributed by atoms with van der Waals surface area (Å²) in [5.41, 5.74) is 0. The van der Waals surface area contributed by atoms with Crippen LogP contribution in [0, 0.1) is 0 Å². The third kappa shape index (κ3) is 5.47. The first-order chi connectivity index (χ1) is 13.4. The van der Waals surface area contributed by atoms with E-state index in [-0.39, 0.29) is 24.8 Å². The van der Waals surface area contributed by atoms with Crippen LogP contribution in [-0.4, -0.2) is 77.8 Å². The highest BCUT2D eigenvalue weighted by Crippen LogP contribution is 2.38. The number of urea groups is 1. The zero-order chi connectivity index (χ0) is 20.1. The van der Waals surface area contributed by atoms with E-state index in [9.17, 15) is 18.8 Å². The lowest BCUT2D eigenvalue weighted by Crippen LogP contribution is -2.54. The van der Waals surface area contributed by atoms with Gasteiger partial charge in [-0.3, -0.25) is 9.59 Å². The molecule has 1 aromatic rings. The highest BCUT2D eigenvalue weighted by molar-refractivity contribution is 5.96. The van der Waals surface area contributed by atoms with Gasteiger partial charge in [-0.1, -0.05) is 5.16 Å². The number of rotatable bonds is 8. The summed E-state index contributed by atoms with van der Waals surface area (Å²) in [6.07, 6.45) is 0.419.